The first-order chi connectivity index (χ1) is 13.7. The standard InChI is InChI=1S/C20H28N4O5/c1-19(2,3)29-17(27)13-6-4-7-20(13)12-24(18(20)28)14(11-25)16(26)23-10-15-21-8-5-9-22-15/h5,8-9,13-14,25H,4,6-7,10-12H2,1-3H3,(H,23,26). The number of amides is 2. The van der Waals surface area contributed by atoms with Crippen LogP contribution in [0.2, 0.25) is 0 Å². The van der Waals surface area contributed by atoms with Crippen LogP contribution >= 0.6 is 0 Å². The number of hydrogen-bond acceptors (Lipinski definition) is 7. The Hall–Kier alpha value is -2.55. The van der Waals surface area contributed by atoms with Crippen molar-refractivity contribution in [2.75, 3.05) is 13.2 Å². The fourth-order valence-electron chi connectivity index (χ4n) is 4.15. The number of likely N-dealkylation sites (tertiary alicyclic amines) is 1. The number of hydrogen-bond donors (Lipinski definition) is 2. The molecule has 1 aromatic rings. The molecule has 0 bridgehead atoms. The highest BCUT2D eigenvalue weighted by atomic mass is 16.6. The van der Waals surface area contributed by atoms with Gasteiger partial charge in [0.15, 0.2) is 0 Å². The van der Waals surface area contributed by atoms with E-state index in [0.29, 0.717) is 18.7 Å². The molecule has 3 rings (SSSR count). The van der Waals surface area contributed by atoms with Gasteiger partial charge in [-0.1, -0.05) is 6.42 Å². The lowest BCUT2D eigenvalue weighted by Crippen LogP contribution is -2.69. The number of aliphatic hydroxyl groups excluding tert-OH is 1. The summed E-state index contributed by atoms with van der Waals surface area (Å²) < 4.78 is 5.51. The topological polar surface area (TPSA) is 122 Å². The zero-order valence-corrected chi connectivity index (χ0v) is 17.1. The molecule has 9 heteroatoms. The number of ether oxygens (including phenoxy) is 1. The summed E-state index contributed by atoms with van der Waals surface area (Å²) >= 11 is 0. The molecule has 1 saturated carbocycles. The van der Waals surface area contributed by atoms with Gasteiger partial charge in [-0.15, -0.1) is 0 Å². The second-order valence-electron chi connectivity index (χ2n) is 8.65. The molecular weight excluding hydrogens is 376 g/mol. The highest BCUT2D eigenvalue weighted by Crippen LogP contribution is 2.52. The molecule has 1 aromatic heterocycles. The molecule has 2 N–H and O–H groups in total. The van der Waals surface area contributed by atoms with Gasteiger partial charge in [0.1, 0.15) is 17.5 Å². The average Bonchev–Trinajstić information content (AvgIpc) is 3.13. The van der Waals surface area contributed by atoms with Crippen molar-refractivity contribution in [2.45, 2.75) is 58.2 Å². The number of β-lactam (4-membered cyclic amide) rings is 1. The number of carbonyl (C=O) groups is 3. The van der Waals surface area contributed by atoms with Crippen molar-refractivity contribution in [3.05, 3.63) is 24.3 Å². The van der Waals surface area contributed by atoms with Crippen molar-refractivity contribution in [3.63, 3.8) is 0 Å². The molecule has 2 fully saturated rings. The number of nitrogens with one attached hydrogen (secondary N) is 1. The third-order valence-electron chi connectivity index (χ3n) is 5.51. The molecule has 0 radical (unpaired) electrons. The normalized spacial score (nSPS) is 24.9. The van der Waals surface area contributed by atoms with Crippen LogP contribution in [0.25, 0.3) is 0 Å². The van der Waals surface area contributed by atoms with E-state index in [2.05, 4.69) is 15.3 Å². The van der Waals surface area contributed by atoms with Crippen LogP contribution in [0.3, 0.4) is 0 Å². The van der Waals surface area contributed by atoms with E-state index in [1.165, 1.54) is 4.90 Å². The lowest BCUT2D eigenvalue weighted by molar-refractivity contribution is -0.184. The van der Waals surface area contributed by atoms with Crippen molar-refractivity contribution < 1.29 is 24.2 Å². The molecule has 3 atom stereocenters. The number of rotatable bonds is 6. The predicted octanol–water partition coefficient (Wildman–Crippen LogP) is 0.424. The fourth-order valence-corrected chi connectivity index (χ4v) is 4.15. The Labute approximate surface area is 169 Å². The van der Waals surface area contributed by atoms with Crippen LogP contribution in [0.1, 0.15) is 45.9 Å². The van der Waals surface area contributed by atoms with Crippen LogP contribution in [0.4, 0.5) is 0 Å². The number of carbonyl (C=O) groups excluding carboxylic acids is 3. The van der Waals surface area contributed by atoms with Crippen LogP contribution in [0, 0.1) is 11.3 Å². The number of aromatic nitrogens is 2. The third-order valence-corrected chi connectivity index (χ3v) is 5.51. The van der Waals surface area contributed by atoms with Crippen LogP contribution in [0.15, 0.2) is 18.5 Å². The van der Waals surface area contributed by atoms with Crippen LogP contribution in [-0.4, -0.2) is 62.6 Å². The molecule has 2 heterocycles. The lowest BCUT2D eigenvalue weighted by Gasteiger charge is -2.51. The summed E-state index contributed by atoms with van der Waals surface area (Å²) in [6.07, 6.45) is 5.07. The summed E-state index contributed by atoms with van der Waals surface area (Å²) in [5.41, 5.74) is -1.45. The van der Waals surface area contributed by atoms with Crippen molar-refractivity contribution in [2.24, 2.45) is 11.3 Å². The van der Waals surface area contributed by atoms with Gasteiger partial charge in [-0.3, -0.25) is 14.4 Å². The SMILES string of the molecule is CC(C)(C)OC(=O)C1CCCC12CN(C(CO)C(=O)NCc1ncccn1)C2=O. The van der Waals surface area contributed by atoms with Crippen LogP contribution in [0.5, 0.6) is 0 Å². The monoisotopic (exact) mass is 404 g/mol. The maximum atomic E-state index is 13.0. The van der Waals surface area contributed by atoms with Crippen LogP contribution < -0.4 is 5.32 Å². The molecule has 29 heavy (non-hydrogen) atoms. The third kappa shape index (κ3) is 4.24. The predicted molar refractivity (Wildman–Crippen MR) is 102 cm³/mol. The summed E-state index contributed by atoms with van der Waals surface area (Å²) in [6.45, 7) is 5.25. The minimum atomic E-state index is -1.00. The second kappa shape index (κ2) is 8.06. The smallest absolute Gasteiger partial charge is 0.310 e. The molecule has 3 unspecified atom stereocenters. The number of esters is 1. The quantitative estimate of drug-likeness (QED) is 0.521. The molecule has 0 aromatic carbocycles. The van der Waals surface area contributed by atoms with Gasteiger partial charge in [0.25, 0.3) is 0 Å². The van der Waals surface area contributed by atoms with Crippen LogP contribution in [-0.2, 0) is 25.7 Å². The maximum absolute atomic E-state index is 13.0. The van der Waals surface area contributed by atoms with E-state index in [1.807, 2.05) is 0 Å². The molecule has 2 aliphatic rings. The van der Waals surface area contributed by atoms with E-state index in [1.54, 1.807) is 39.2 Å². The van der Waals surface area contributed by atoms with E-state index in [0.717, 1.165) is 6.42 Å². The average molecular weight is 404 g/mol. The highest BCUT2D eigenvalue weighted by Gasteiger charge is 2.63. The molecular formula is C20H28N4O5. The molecule has 1 aliphatic carbocycles. The molecule has 1 spiro atoms. The number of nitrogens with zero attached hydrogens (tertiary/aromatic N) is 3. The maximum Gasteiger partial charge on any atom is 0.310 e. The van der Waals surface area contributed by atoms with Crippen molar-refractivity contribution in [1.82, 2.24) is 20.2 Å². The van der Waals surface area contributed by atoms with Gasteiger partial charge in [0.2, 0.25) is 11.8 Å². The molecule has 1 aliphatic heterocycles. The zero-order chi connectivity index (χ0) is 21.2. The number of aliphatic hydroxyl groups is 1. The molecule has 9 nitrogen and oxygen atoms in total. The first-order valence-electron chi connectivity index (χ1n) is 9.86. The van der Waals surface area contributed by atoms with E-state index < -0.39 is 35.5 Å². The zero-order valence-electron chi connectivity index (χ0n) is 17.1. The lowest BCUT2D eigenvalue weighted by atomic mass is 9.69. The van der Waals surface area contributed by atoms with Gasteiger partial charge >= 0.3 is 5.97 Å². The van der Waals surface area contributed by atoms with Gasteiger partial charge in [-0.2, -0.15) is 0 Å². The van der Waals surface area contributed by atoms with E-state index in [-0.39, 0.29) is 25.0 Å². The Morgan fingerprint density at radius 2 is 2.07 bits per heavy atom. The Morgan fingerprint density at radius 3 is 2.66 bits per heavy atom. The van der Waals surface area contributed by atoms with Gasteiger partial charge in [0.05, 0.1) is 24.5 Å². The Balaban J connectivity index is 1.64. The van der Waals surface area contributed by atoms with Gasteiger partial charge < -0.3 is 20.1 Å². The summed E-state index contributed by atoms with van der Waals surface area (Å²) in [6, 6.07) is 0.666. The molecule has 1 saturated heterocycles. The Bertz CT molecular complexity index is 779. The fraction of sp³-hybridized carbons (Fsp3) is 0.650. The first kappa shape index (κ1) is 21.2. The molecule has 2 amide bonds. The van der Waals surface area contributed by atoms with Gasteiger partial charge in [-0.25, -0.2) is 9.97 Å². The first-order valence-corrected chi connectivity index (χ1v) is 9.86. The minimum absolute atomic E-state index is 0.101. The summed E-state index contributed by atoms with van der Waals surface area (Å²) in [5.74, 6) is -1.18. The minimum Gasteiger partial charge on any atom is -0.460 e. The Morgan fingerprint density at radius 1 is 1.38 bits per heavy atom. The summed E-state index contributed by atoms with van der Waals surface area (Å²) in [4.78, 5) is 47.6. The molecule has 158 valence electrons. The highest BCUT2D eigenvalue weighted by molar-refractivity contribution is 5.98. The Kier molecular flexibility index (Phi) is 5.88. The summed E-state index contributed by atoms with van der Waals surface area (Å²) in [7, 11) is 0. The largest absolute Gasteiger partial charge is 0.460 e. The second-order valence-corrected chi connectivity index (χ2v) is 8.65. The van der Waals surface area contributed by atoms with Crippen molar-refractivity contribution >= 4 is 17.8 Å². The van der Waals surface area contributed by atoms with Crippen molar-refractivity contribution in [1.29, 1.82) is 0 Å². The summed E-state index contributed by atoms with van der Waals surface area (Å²) in [5, 5.41) is 12.4. The van der Waals surface area contributed by atoms with Crippen molar-refractivity contribution in [3.8, 4) is 0 Å². The van der Waals surface area contributed by atoms with Gasteiger partial charge in [-0.05, 0) is 39.7 Å². The van der Waals surface area contributed by atoms with Gasteiger partial charge in [0, 0.05) is 18.9 Å². The van der Waals surface area contributed by atoms with E-state index in [9.17, 15) is 19.5 Å². The van der Waals surface area contributed by atoms with E-state index in [4.69, 9.17) is 4.74 Å². The van der Waals surface area contributed by atoms with E-state index >= 15 is 0 Å².